The van der Waals surface area contributed by atoms with Crippen molar-refractivity contribution in [1.29, 1.82) is 0 Å². The van der Waals surface area contributed by atoms with E-state index in [0.29, 0.717) is 24.9 Å². The van der Waals surface area contributed by atoms with Gasteiger partial charge in [0.05, 0.1) is 6.54 Å². The summed E-state index contributed by atoms with van der Waals surface area (Å²) in [6.07, 6.45) is 1.06. The first-order valence-electron chi connectivity index (χ1n) is 7.09. The van der Waals surface area contributed by atoms with Crippen LogP contribution in [0.1, 0.15) is 19.4 Å². The van der Waals surface area contributed by atoms with Crippen LogP contribution in [-0.2, 0) is 16.0 Å². The Morgan fingerprint density at radius 3 is 2.61 bits per heavy atom. The third-order valence-electron chi connectivity index (χ3n) is 2.57. The lowest BCUT2D eigenvalue weighted by Crippen LogP contribution is -2.42. The second-order valence-corrected chi connectivity index (χ2v) is 4.64. The molecule has 0 atom stereocenters. The van der Waals surface area contributed by atoms with Crippen molar-refractivity contribution in [1.82, 2.24) is 15.6 Å². The van der Waals surface area contributed by atoms with Gasteiger partial charge >= 0.3 is 0 Å². The molecule has 0 fully saturated rings. The molecule has 0 amide bonds. The van der Waals surface area contributed by atoms with Gasteiger partial charge in [0.2, 0.25) is 0 Å². The summed E-state index contributed by atoms with van der Waals surface area (Å²) in [6.45, 7) is 5.14. The average Bonchev–Trinajstić information content (AvgIpc) is 2.51. The molecule has 23 heavy (non-hydrogen) atoms. The molecule has 9 nitrogen and oxygen atoms in total. The summed E-state index contributed by atoms with van der Waals surface area (Å²) < 4.78 is 10.7. The number of aromatic nitrogens is 1. The molecular formula is C13H20ClN5O4. The van der Waals surface area contributed by atoms with E-state index in [1.165, 1.54) is 0 Å². The first kappa shape index (κ1) is 19.1. The van der Waals surface area contributed by atoms with Crippen molar-refractivity contribution in [2.45, 2.75) is 26.7 Å². The number of hydrazone groups is 1. The number of hydrogen-bond acceptors (Lipinski definition) is 5. The van der Waals surface area contributed by atoms with E-state index in [1.807, 2.05) is 13.8 Å². The van der Waals surface area contributed by atoms with Crippen LogP contribution in [0.4, 0.5) is 0 Å². The molecule has 0 unspecified atom stereocenters. The maximum atomic E-state index is 10.6. The van der Waals surface area contributed by atoms with E-state index in [4.69, 9.17) is 21.1 Å². The molecule has 1 aromatic rings. The molecule has 1 rings (SSSR count). The molecule has 0 saturated carbocycles. The third kappa shape index (κ3) is 8.29. The van der Waals surface area contributed by atoms with Gasteiger partial charge in [-0.25, -0.2) is 15.1 Å². The van der Waals surface area contributed by atoms with Gasteiger partial charge in [0.25, 0.3) is 5.96 Å². The maximum absolute atomic E-state index is 10.6. The molecule has 0 aliphatic rings. The minimum atomic E-state index is -0.786. The van der Waals surface area contributed by atoms with Crippen LogP contribution in [0.25, 0.3) is 0 Å². The van der Waals surface area contributed by atoms with Gasteiger partial charge in [-0.3, -0.25) is 0 Å². The van der Waals surface area contributed by atoms with Gasteiger partial charge in [0.15, 0.2) is 11.3 Å². The maximum Gasteiger partial charge on any atom is 0.269 e. The Morgan fingerprint density at radius 2 is 2.09 bits per heavy atom. The Labute approximate surface area is 139 Å². The summed E-state index contributed by atoms with van der Waals surface area (Å²) in [5.74, 6) is 0.00866. The van der Waals surface area contributed by atoms with Crippen molar-refractivity contribution in [2.75, 3.05) is 19.8 Å². The van der Waals surface area contributed by atoms with E-state index in [9.17, 15) is 10.1 Å². The van der Waals surface area contributed by atoms with Crippen molar-refractivity contribution < 1.29 is 14.5 Å². The molecule has 128 valence electrons. The number of nitrogens with one attached hydrogen (secondary N) is 2. The minimum Gasteiger partial charge on any atom is -0.351 e. The number of guanidine groups is 1. The minimum absolute atomic E-state index is 0.00866. The van der Waals surface area contributed by atoms with E-state index in [1.54, 1.807) is 18.3 Å². The molecule has 0 aliphatic carbocycles. The fraction of sp³-hybridized carbons (Fsp3) is 0.538. The summed E-state index contributed by atoms with van der Waals surface area (Å²) in [7, 11) is 0. The lowest BCUT2D eigenvalue weighted by Gasteiger charge is -2.18. The number of halogens is 1. The fourth-order valence-corrected chi connectivity index (χ4v) is 1.74. The number of pyridine rings is 1. The fourth-order valence-electron chi connectivity index (χ4n) is 1.63. The normalized spacial score (nSPS) is 11.6. The van der Waals surface area contributed by atoms with E-state index in [2.05, 4.69) is 20.7 Å². The van der Waals surface area contributed by atoms with Crippen LogP contribution in [0.2, 0.25) is 5.15 Å². The summed E-state index contributed by atoms with van der Waals surface area (Å²) in [6, 6.07) is 3.39. The first-order valence-corrected chi connectivity index (χ1v) is 7.47. The number of hydrogen-bond donors (Lipinski definition) is 2. The molecule has 0 radical (unpaired) electrons. The molecular weight excluding hydrogens is 326 g/mol. The largest absolute Gasteiger partial charge is 0.351 e. The number of nitrogens with zero attached hydrogens (tertiary/aromatic N) is 3. The van der Waals surface area contributed by atoms with Crippen LogP contribution in [0, 0.1) is 10.1 Å². The Bertz CT molecular complexity index is 506. The second-order valence-electron chi connectivity index (χ2n) is 4.25. The Morgan fingerprint density at radius 1 is 1.39 bits per heavy atom. The Kier molecular flexibility index (Phi) is 8.88. The van der Waals surface area contributed by atoms with Crippen molar-refractivity contribution in [3.63, 3.8) is 0 Å². The van der Waals surface area contributed by atoms with E-state index in [-0.39, 0.29) is 12.5 Å². The van der Waals surface area contributed by atoms with Gasteiger partial charge < -0.3 is 20.1 Å². The standard InChI is InChI=1S/C13H20ClN5O4/c1-3-22-12(23-4-2)9-17-13(18-19(20)21)16-8-10-5-6-11(14)15-7-10/h5-7,12H,3-4,8-9H2,1-2H3,(H2,16,17,18). The molecule has 0 bridgehead atoms. The predicted molar refractivity (Wildman–Crippen MR) is 85.6 cm³/mol. The average molecular weight is 346 g/mol. The zero-order chi connectivity index (χ0) is 17.1. The van der Waals surface area contributed by atoms with Gasteiger partial charge in [-0.05, 0) is 25.5 Å². The van der Waals surface area contributed by atoms with Crippen molar-refractivity contribution in [3.05, 3.63) is 39.2 Å². The quantitative estimate of drug-likeness (QED) is 0.173. The van der Waals surface area contributed by atoms with Gasteiger partial charge in [-0.1, -0.05) is 17.7 Å². The van der Waals surface area contributed by atoms with Crippen LogP contribution in [-0.4, -0.2) is 42.0 Å². The van der Waals surface area contributed by atoms with Gasteiger partial charge in [0.1, 0.15) is 10.3 Å². The van der Waals surface area contributed by atoms with Crippen LogP contribution < -0.4 is 10.6 Å². The summed E-state index contributed by atoms with van der Waals surface area (Å²) in [4.78, 5) is 14.5. The summed E-state index contributed by atoms with van der Waals surface area (Å²) in [5.41, 5.74) is 0.804. The SMILES string of the molecule is CCOC(CN/C(=N/[N+](=O)[O-])NCc1ccc(Cl)nc1)OCC. The highest BCUT2D eigenvalue weighted by Gasteiger charge is 2.11. The third-order valence-corrected chi connectivity index (χ3v) is 2.80. The molecule has 0 saturated heterocycles. The van der Waals surface area contributed by atoms with Crippen LogP contribution >= 0.6 is 11.6 Å². The summed E-state index contributed by atoms with van der Waals surface area (Å²) in [5, 5.41) is 19.1. The van der Waals surface area contributed by atoms with Crippen LogP contribution in [0.15, 0.2) is 23.4 Å². The van der Waals surface area contributed by atoms with E-state index in [0.717, 1.165) is 5.56 Å². The smallest absolute Gasteiger partial charge is 0.269 e. The zero-order valence-corrected chi connectivity index (χ0v) is 13.7. The van der Waals surface area contributed by atoms with Crippen molar-refractivity contribution in [2.24, 2.45) is 5.10 Å². The van der Waals surface area contributed by atoms with Gasteiger partial charge in [-0.2, -0.15) is 0 Å². The lowest BCUT2D eigenvalue weighted by atomic mass is 10.3. The molecule has 1 aromatic heterocycles. The highest BCUT2D eigenvalue weighted by molar-refractivity contribution is 6.29. The summed E-state index contributed by atoms with van der Waals surface area (Å²) >= 11 is 5.70. The number of ether oxygens (including phenoxy) is 2. The van der Waals surface area contributed by atoms with Crippen LogP contribution in [0.3, 0.4) is 0 Å². The Hall–Kier alpha value is -1.97. The van der Waals surface area contributed by atoms with Crippen molar-refractivity contribution in [3.8, 4) is 0 Å². The highest BCUT2D eigenvalue weighted by Crippen LogP contribution is 2.04. The first-order chi connectivity index (χ1) is 11.0. The zero-order valence-electron chi connectivity index (χ0n) is 13.0. The topological polar surface area (TPSA) is 111 Å². The molecule has 2 N–H and O–H groups in total. The van der Waals surface area contributed by atoms with E-state index >= 15 is 0 Å². The number of nitro groups is 1. The highest BCUT2D eigenvalue weighted by atomic mass is 35.5. The Balaban J connectivity index is 2.58. The monoisotopic (exact) mass is 345 g/mol. The lowest BCUT2D eigenvalue weighted by molar-refractivity contribution is -0.485. The number of rotatable bonds is 9. The molecule has 0 spiro atoms. The molecule has 0 aliphatic heterocycles. The van der Waals surface area contributed by atoms with E-state index < -0.39 is 11.3 Å². The van der Waals surface area contributed by atoms with Crippen LogP contribution in [0.5, 0.6) is 0 Å². The van der Waals surface area contributed by atoms with Gasteiger partial charge in [-0.15, -0.1) is 0 Å². The molecule has 10 heteroatoms. The second kappa shape index (κ2) is 10.7. The van der Waals surface area contributed by atoms with Crippen molar-refractivity contribution >= 4 is 17.6 Å². The molecule has 0 aromatic carbocycles. The predicted octanol–water partition coefficient (Wildman–Crippen LogP) is 1.36. The van der Waals surface area contributed by atoms with Gasteiger partial charge in [0, 0.05) is 26.0 Å². The molecule has 1 heterocycles.